The minimum Gasteiger partial charge on any atom is -0.350 e. The SMILES string of the molecule is CC[C@@H](C(=O)NCc1ccc(Cl)cc1)n1nc(C)n2c(cc3sccc32)c1=O. The number of amides is 1. The molecule has 1 N–H and O–H groups in total. The molecule has 1 atom stereocenters. The Morgan fingerprint density at radius 2 is 2.00 bits per heavy atom. The lowest BCUT2D eigenvalue weighted by atomic mass is 10.2. The van der Waals surface area contributed by atoms with Crippen LogP contribution in [-0.2, 0) is 11.3 Å². The molecule has 144 valence electrons. The largest absolute Gasteiger partial charge is 0.350 e. The molecular formula is C20H19ClN4O2S. The molecule has 0 radical (unpaired) electrons. The summed E-state index contributed by atoms with van der Waals surface area (Å²) >= 11 is 7.47. The second-order valence-corrected chi connectivity index (χ2v) is 7.98. The fourth-order valence-corrected chi connectivity index (χ4v) is 4.31. The minimum absolute atomic E-state index is 0.232. The average Bonchev–Trinajstić information content (AvgIpc) is 3.27. The highest BCUT2D eigenvalue weighted by molar-refractivity contribution is 7.17. The molecule has 1 amide bonds. The third-order valence-corrected chi connectivity index (χ3v) is 5.90. The summed E-state index contributed by atoms with van der Waals surface area (Å²) in [6.45, 7) is 4.08. The summed E-state index contributed by atoms with van der Waals surface area (Å²) in [5.74, 6) is 0.441. The number of nitrogens with one attached hydrogen (secondary N) is 1. The van der Waals surface area contributed by atoms with Crippen molar-refractivity contribution >= 4 is 44.6 Å². The second-order valence-electron chi connectivity index (χ2n) is 6.60. The van der Waals surface area contributed by atoms with Gasteiger partial charge >= 0.3 is 0 Å². The lowest BCUT2D eigenvalue weighted by Crippen LogP contribution is -2.39. The Hall–Kier alpha value is -2.64. The Bertz CT molecular complexity index is 1220. The van der Waals surface area contributed by atoms with Crippen LogP contribution in [0.1, 0.15) is 30.8 Å². The summed E-state index contributed by atoms with van der Waals surface area (Å²) in [6.07, 6.45) is 0.462. The zero-order valence-electron chi connectivity index (χ0n) is 15.5. The highest BCUT2D eigenvalue weighted by Gasteiger charge is 2.23. The normalized spacial score (nSPS) is 12.5. The summed E-state index contributed by atoms with van der Waals surface area (Å²) in [5.41, 5.74) is 2.18. The van der Waals surface area contributed by atoms with E-state index in [2.05, 4.69) is 10.4 Å². The molecule has 0 aliphatic heterocycles. The number of nitrogens with zero attached hydrogens (tertiary/aromatic N) is 3. The number of thiophene rings is 1. The number of aromatic nitrogens is 3. The number of fused-ring (bicyclic) bond motifs is 3. The maximum atomic E-state index is 13.1. The molecule has 8 heteroatoms. The molecule has 0 spiro atoms. The van der Waals surface area contributed by atoms with E-state index in [0.29, 0.717) is 29.3 Å². The van der Waals surface area contributed by atoms with Crippen LogP contribution in [-0.4, -0.2) is 20.1 Å². The van der Waals surface area contributed by atoms with Crippen LogP contribution in [0, 0.1) is 6.92 Å². The van der Waals surface area contributed by atoms with Crippen LogP contribution in [0.3, 0.4) is 0 Å². The number of carbonyl (C=O) groups excluding carboxylic acids is 1. The molecule has 4 rings (SSSR count). The van der Waals surface area contributed by atoms with Gasteiger partial charge < -0.3 is 5.32 Å². The molecule has 0 saturated heterocycles. The molecule has 1 aromatic carbocycles. The second kappa shape index (κ2) is 7.41. The quantitative estimate of drug-likeness (QED) is 0.537. The van der Waals surface area contributed by atoms with Crippen LogP contribution >= 0.6 is 22.9 Å². The van der Waals surface area contributed by atoms with E-state index in [-0.39, 0.29) is 11.5 Å². The van der Waals surface area contributed by atoms with Crippen molar-refractivity contribution < 1.29 is 4.79 Å². The van der Waals surface area contributed by atoms with E-state index in [0.717, 1.165) is 15.8 Å². The highest BCUT2D eigenvalue weighted by Crippen LogP contribution is 2.25. The summed E-state index contributed by atoms with van der Waals surface area (Å²) < 4.78 is 4.19. The first-order chi connectivity index (χ1) is 13.5. The fraction of sp³-hybridized carbons (Fsp3) is 0.250. The number of carbonyl (C=O) groups is 1. The predicted molar refractivity (Wildman–Crippen MR) is 112 cm³/mol. The molecule has 6 nitrogen and oxygen atoms in total. The number of halogens is 1. The van der Waals surface area contributed by atoms with Gasteiger partial charge in [0.05, 0.1) is 10.2 Å². The van der Waals surface area contributed by atoms with E-state index in [1.165, 1.54) is 4.68 Å². The van der Waals surface area contributed by atoms with Crippen molar-refractivity contribution in [3.05, 3.63) is 68.5 Å². The van der Waals surface area contributed by atoms with Gasteiger partial charge in [-0.1, -0.05) is 30.7 Å². The molecule has 0 saturated carbocycles. The average molecular weight is 415 g/mol. The van der Waals surface area contributed by atoms with Gasteiger partial charge in [-0.25, -0.2) is 4.68 Å². The van der Waals surface area contributed by atoms with Gasteiger partial charge in [0.15, 0.2) is 0 Å². The summed E-state index contributed by atoms with van der Waals surface area (Å²) in [4.78, 5) is 25.8. The van der Waals surface area contributed by atoms with Gasteiger partial charge in [0, 0.05) is 11.6 Å². The van der Waals surface area contributed by atoms with Gasteiger partial charge in [-0.15, -0.1) is 11.3 Å². The smallest absolute Gasteiger partial charge is 0.291 e. The zero-order chi connectivity index (χ0) is 19.8. The van der Waals surface area contributed by atoms with Gasteiger partial charge in [-0.3, -0.25) is 14.0 Å². The third kappa shape index (κ3) is 3.21. The van der Waals surface area contributed by atoms with Gasteiger partial charge in [-0.05, 0) is 48.6 Å². The number of rotatable bonds is 5. The van der Waals surface area contributed by atoms with E-state index >= 15 is 0 Å². The topological polar surface area (TPSA) is 68.4 Å². The van der Waals surface area contributed by atoms with E-state index in [9.17, 15) is 9.59 Å². The molecule has 3 heterocycles. The summed E-state index contributed by atoms with van der Waals surface area (Å²) in [7, 11) is 0. The van der Waals surface area contributed by atoms with Gasteiger partial charge in [0.2, 0.25) is 5.91 Å². The standard InChI is InChI=1S/C20H19ClN4O2S/c1-3-15(19(26)22-11-13-4-6-14(21)7-5-13)25-20(27)17-10-18-16(8-9-28-18)24(17)12(2)23-25/h4-10,15H,3,11H2,1-2H3,(H,22,26)/t15-/m0/s1. The Morgan fingerprint density at radius 1 is 1.25 bits per heavy atom. The molecule has 28 heavy (non-hydrogen) atoms. The Kier molecular flexibility index (Phi) is 4.95. The monoisotopic (exact) mass is 414 g/mol. The lowest BCUT2D eigenvalue weighted by molar-refractivity contribution is -0.125. The van der Waals surface area contributed by atoms with Crippen LogP contribution in [0.2, 0.25) is 5.02 Å². The lowest BCUT2D eigenvalue weighted by Gasteiger charge is -2.18. The van der Waals surface area contributed by atoms with E-state index in [4.69, 9.17) is 11.6 Å². The molecule has 0 bridgehead atoms. The Labute approximate surface area is 170 Å². The maximum Gasteiger partial charge on any atom is 0.291 e. The van der Waals surface area contributed by atoms with Crippen LogP contribution in [0.4, 0.5) is 0 Å². The number of benzene rings is 1. The van der Waals surface area contributed by atoms with Crippen LogP contribution in [0.5, 0.6) is 0 Å². The third-order valence-electron chi connectivity index (χ3n) is 4.79. The first-order valence-electron chi connectivity index (χ1n) is 9.00. The molecule has 4 aromatic rings. The summed E-state index contributed by atoms with van der Waals surface area (Å²) in [6, 6.07) is 10.4. The number of hydrogen-bond donors (Lipinski definition) is 1. The fourth-order valence-electron chi connectivity index (χ4n) is 3.38. The maximum absolute atomic E-state index is 13.1. The first kappa shape index (κ1) is 18.7. The highest BCUT2D eigenvalue weighted by atomic mass is 35.5. The van der Waals surface area contributed by atoms with E-state index < -0.39 is 6.04 Å². The molecule has 0 fully saturated rings. The van der Waals surface area contributed by atoms with Crippen molar-refractivity contribution in [1.82, 2.24) is 19.5 Å². The van der Waals surface area contributed by atoms with Gasteiger partial charge in [0.1, 0.15) is 17.4 Å². The van der Waals surface area contributed by atoms with Crippen molar-refractivity contribution in [3.8, 4) is 0 Å². The first-order valence-corrected chi connectivity index (χ1v) is 10.3. The van der Waals surface area contributed by atoms with Crippen LogP contribution in [0.25, 0.3) is 15.7 Å². The molecule has 0 aliphatic rings. The van der Waals surface area contributed by atoms with Crippen LogP contribution < -0.4 is 10.9 Å². The number of aryl methyl sites for hydroxylation is 1. The van der Waals surface area contributed by atoms with E-state index in [1.807, 2.05) is 47.9 Å². The zero-order valence-corrected chi connectivity index (χ0v) is 17.0. The van der Waals surface area contributed by atoms with Crippen LogP contribution in [0.15, 0.2) is 46.6 Å². The van der Waals surface area contributed by atoms with Gasteiger partial charge in [0.25, 0.3) is 5.56 Å². The van der Waals surface area contributed by atoms with Crippen molar-refractivity contribution in [1.29, 1.82) is 0 Å². The van der Waals surface area contributed by atoms with Crippen molar-refractivity contribution in [2.45, 2.75) is 32.9 Å². The van der Waals surface area contributed by atoms with Gasteiger partial charge in [-0.2, -0.15) is 5.10 Å². The molecular weight excluding hydrogens is 396 g/mol. The molecule has 0 unspecified atom stereocenters. The van der Waals surface area contributed by atoms with Crippen molar-refractivity contribution in [2.24, 2.45) is 0 Å². The number of hydrogen-bond acceptors (Lipinski definition) is 4. The Morgan fingerprint density at radius 3 is 2.71 bits per heavy atom. The van der Waals surface area contributed by atoms with Crippen molar-refractivity contribution in [2.75, 3.05) is 0 Å². The minimum atomic E-state index is -0.670. The Balaban J connectivity index is 1.66. The summed E-state index contributed by atoms with van der Waals surface area (Å²) in [5, 5.41) is 9.99. The van der Waals surface area contributed by atoms with E-state index in [1.54, 1.807) is 23.5 Å². The predicted octanol–water partition coefficient (Wildman–Crippen LogP) is 3.94. The van der Waals surface area contributed by atoms with Crippen molar-refractivity contribution in [3.63, 3.8) is 0 Å². The molecule has 3 aromatic heterocycles. The molecule has 0 aliphatic carbocycles.